The normalized spacial score (nSPS) is 10.8. The van der Waals surface area contributed by atoms with Gasteiger partial charge in [0.05, 0.1) is 17.7 Å². The quantitative estimate of drug-likeness (QED) is 0.305. The highest BCUT2D eigenvalue weighted by molar-refractivity contribution is 5.87. The van der Waals surface area contributed by atoms with E-state index in [1.807, 2.05) is 55.5 Å². The summed E-state index contributed by atoms with van der Waals surface area (Å²) in [5, 5.41) is 9.02. The summed E-state index contributed by atoms with van der Waals surface area (Å²) in [5.41, 5.74) is 4.65. The molecule has 1 aromatic heterocycles. The van der Waals surface area contributed by atoms with Crippen molar-refractivity contribution in [2.45, 2.75) is 46.3 Å². The monoisotopic (exact) mass is 482 g/mol. The van der Waals surface area contributed by atoms with Gasteiger partial charge in [-0.3, -0.25) is 9.36 Å². The van der Waals surface area contributed by atoms with Crippen LogP contribution in [-0.4, -0.2) is 20.6 Å². The van der Waals surface area contributed by atoms with E-state index in [0.29, 0.717) is 24.5 Å². The van der Waals surface area contributed by atoms with E-state index in [4.69, 9.17) is 9.84 Å². The van der Waals surface area contributed by atoms with Gasteiger partial charge in [-0.1, -0.05) is 61.9 Å². The minimum absolute atomic E-state index is 0.0319. The van der Waals surface area contributed by atoms with Gasteiger partial charge in [0.1, 0.15) is 18.2 Å². The number of rotatable bonds is 10. The fraction of sp³-hybridized carbons (Fsp3) is 0.233. The second-order valence-electron chi connectivity index (χ2n) is 8.83. The van der Waals surface area contributed by atoms with Crippen molar-refractivity contribution >= 4 is 5.97 Å². The molecule has 3 aromatic carbocycles. The number of carbonyl (C=O) groups is 1. The van der Waals surface area contributed by atoms with Crippen molar-refractivity contribution in [1.82, 2.24) is 9.55 Å². The van der Waals surface area contributed by atoms with E-state index in [0.717, 1.165) is 47.3 Å². The van der Waals surface area contributed by atoms with Crippen LogP contribution in [0.4, 0.5) is 0 Å². The van der Waals surface area contributed by atoms with Gasteiger partial charge in [0, 0.05) is 12.6 Å². The zero-order chi connectivity index (χ0) is 25.5. The van der Waals surface area contributed by atoms with Gasteiger partial charge in [0.15, 0.2) is 0 Å². The SMILES string of the molecule is CCCCc1ncc(-c2ccccc2C)c(=O)n1Cc1ccc(OCc2ccc(C(=O)O)cc2)cc1. The molecule has 0 aliphatic carbocycles. The Labute approximate surface area is 210 Å². The van der Waals surface area contributed by atoms with Gasteiger partial charge < -0.3 is 9.84 Å². The van der Waals surface area contributed by atoms with Crippen LogP contribution in [0, 0.1) is 6.92 Å². The van der Waals surface area contributed by atoms with Crippen molar-refractivity contribution in [3.05, 3.63) is 117 Å². The maximum absolute atomic E-state index is 13.6. The molecule has 4 rings (SSSR count). The first-order chi connectivity index (χ1) is 17.5. The van der Waals surface area contributed by atoms with Gasteiger partial charge in [-0.25, -0.2) is 9.78 Å². The molecular formula is C30H30N2O4. The Morgan fingerprint density at radius 3 is 2.31 bits per heavy atom. The van der Waals surface area contributed by atoms with Crippen LogP contribution in [0.15, 0.2) is 83.8 Å². The van der Waals surface area contributed by atoms with Crippen LogP contribution in [-0.2, 0) is 19.6 Å². The van der Waals surface area contributed by atoms with Gasteiger partial charge in [-0.05, 0) is 59.9 Å². The van der Waals surface area contributed by atoms with Crippen LogP contribution >= 0.6 is 0 Å². The molecule has 0 fully saturated rings. The number of nitrogens with zero attached hydrogens (tertiary/aromatic N) is 2. The third-order valence-corrected chi connectivity index (χ3v) is 6.19. The highest BCUT2D eigenvalue weighted by atomic mass is 16.5. The fourth-order valence-corrected chi connectivity index (χ4v) is 4.07. The third kappa shape index (κ3) is 5.89. The minimum Gasteiger partial charge on any atom is -0.489 e. The van der Waals surface area contributed by atoms with E-state index in [1.165, 1.54) is 0 Å². The van der Waals surface area contributed by atoms with Crippen LogP contribution in [0.2, 0.25) is 0 Å². The Morgan fingerprint density at radius 1 is 0.944 bits per heavy atom. The van der Waals surface area contributed by atoms with Crippen molar-refractivity contribution in [1.29, 1.82) is 0 Å². The summed E-state index contributed by atoms with van der Waals surface area (Å²) in [7, 11) is 0. The van der Waals surface area contributed by atoms with Crippen molar-refractivity contribution in [2.24, 2.45) is 0 Å². The lowest BCUT2D eigenvalue weighted by atomic mass is 10.0. The highest BCUT2D eigenvalue weighted by Gasteiger charge is 2.14. The first kappa shape index (κ1) is 24.9. The highest BCUT2D eigenvalue weighted by Crippen LogP contribution is 2.21. The van der Waals surface area contributed by atoms with Crippen LogP contribution in [0.1, 0.15) is 52.6 Å². The first-order valence-corrected chi connectivity index (χ1v) is 12.1. The van der Waals surface area contributed by atoms with E-state index < -0.39 is 5.97 Å². The number of carboxylic acids is 1. The molecule has 0 aliphatic rings. The van der Waals surface area contributed by atoms with Crippen LogP contribution in [0.3, 0.4) is 0 Å². The molecular weight excluding hydrogens is 452 g/mol. The standard InChI is InChI=1S/C30H30N2O4/c1-3-4-9-28-31-18-27(26-8-6-5-7-21(26)2)29(33)32(28)19-22-12-16-25(17-13-22)36-20-23-10-14-24(15-11-23)30(34)35/h5-8,10-18H,3-4,9,19-20H2,1-2H3,(H,34,35). The number of ether oxygens (including phenoxy) is 1. The number of aromatic nitrogens is 2. The topological polar surface area (TPSA) is 81.4 Å². The van der Waals surface area contributed by atoms with Gasteiger partial charge >= 0.3 is 5.97 Å². The molecule has 0 amide bonds. The number of carboxylic acid groups (broad SMARTS) is 1. The van der Waals surface area contributed by atoms with Gasteiger partial charge in [0.25, 0.3) is 5.56 Å². The Bertz CT molecular complexity index is 1390. The third-order valence-electron chi connectivity index (χ3n) is 6.19. The fourth-order valence-electron chi connectivity index (χ4n) is 4.07. The summed E-state index contributed by atoms with van der Waals surface area (Å²) in [4.78, 5) is 29.3. The van der Waals surface area contributed by atoms with Crippen LogP contribution in [0.5, 0.6) is 5.75 Å². The molecule has 0 aliphatic heterocycles. The van der Waals surface area contributed by atoms with E-state index in [2.05, 4.69) is 11.9 Å². The molecule has 0 saturated carbocycles. The van der Waals surface area contributed by atoms with E-state index in [9.17, 15) is 9.59 Å². The van der Waals surface area contributed by atoms with Crippen LogP contribution in [0.25, 0.3) is 11.1 Å². The lowest BCUT2D eigenvalue weighted by Gasteiger charge is -2.15. The number of aryl methyl sites for hydroxylation is 2. The summed E-state index contributed by atoms with van der Waals surface area (Å²) >= 11 is 0. The lowest BCUT2D eigenvalue weighted by molar-refractivity contribution is 0.0697. The summed E-state index contributed by atoms with van der Waals surface area (Å²) in [6.45, 7) is 4.90. The average Bonchev–Trinajstić information content (AvgIpc) is 2.89. The largest absolute Gasteiger partial charge is 0.489 e. The van der Waals surface area contributed by atoms with E-state index in [1.54, 1.807) is 35.0 Å². The number of aromatic carboxylic acids is 1. The Balaban J connectivity index is 1.53. The Hall–Kier alpha value is -4.19. The van der Waals surface area contributed by atoms with E-state index >= 15 is 0 Å². The molecule has 1 N–H and O–H groups in total. The number of unbranched alkanes of at least 4 members (excludes halogenated alkanes) is 1. The lowest BCUT2D eigenvalue weighted by Crippen LogP contribution is -2.27. The number of hydrogen-bond donors (Lipinski definition) is 1. The summed E-state index contributed by atoms with van der Waals surface area (Å²) in [6, 6.07) is 22.2. The maximum atomic E-state index is 13.6. The molecule has 0 radical (unpaired) electrons. The smallest absolute Gasteiger partial charge is 0.335 e. The predicted molar refractivity (Wildman–Crippen MR) is 141 cm³/mol. The molecule has 0 saturated heterocycles. The number of hydrogen-bond acceptors (Lipinski definition) is 4. The molecule has 6 nitrogen and oxygen atoms in total. The number of benzene rings is 3. The van der Waals surface area contributed by atoms with Gasteiger partial charge in [-0.2, -0.15) is 0 Å². The molecule has 0 unspecified atom stereocenters. The molecule has 4 aromatic rings. The van der Waals surface area contributed by atoms with Crippen molar-refractivity contribution in [3.8, 4) is 16.9 Å². The summed E-state index contributed by atoms with van der Waals surface area (Å²) < 4.78 is 7.65. The predicted octanol–water partition coefficient (Wildman–Crippen LogP) is 5.89. The molecule has 0 spiro atoms. The molecule has 0 atom stereocenters. The van der Waals surface area contributed by atoms with Gasteiger partial charge in [-0.15, -0.1) is 0 Å². The molecule has 6 heteroatoms. The summed E-state index contributed by atoms with van der Waals surface area (Å²) in [5.74, 6) is 0.547. The van der Waals surface area contributed by atoms with Crippen molar-refractivity contribution in [3.63, 3.8) is 0 Å². The maximum Gasteiger partial charge on any atom is 0.335 e. The average molecular weight is 483 g/mol. The van der Waals surface area contributed by atoms with Gasteiger partial charge in [0.2, 0.25) is 0 Å². The minimum atomic E-state index is -0.949. The molecule has 0 bridgehead atoms. The van der Waals surface area contributed by atoms with Crippen molar-refractivity contribution < 1.29 is 14.6 Å². The molecule has 1 heterocycles. The zero-order valence-electron chi connectivity index (χ0n) is 20.6. The Morgan fingerprint density at radius 2 is 1.64 bits per heavy atom. The molecule has 184 valence electrons. The summed E-state index contributed by atoms with van der Waals surface area (Å²) in [6.07, 6.45) is 4.46. The Kier molecular flexibility index (Phi) is 7.95. The second kappa shape index (κ2) is 11.5. The van der Waals surface area contributed by atoms with Crippen LogP contribution < -0.4 is 10.3 Å². The second-order valence-corrected chi connectivity index (χ2v) is 8.83. The first-order valence-electron chi connectivity index (χ1n) is 12.1. The molecule has 36 heavy (non-hydrogen) atoms. The van der Waals surface area contributed by atoms with Crippen molar-refractivity contribution in [2.75, 3.05) is 0 Å². The van der Waals surface area contributed by atoms with E-state index in [-0.39, 0.29) is 11.1 Å². The zero-order valence-corrected chi connectivity index (χ0v) is 20.6.